The molecule has 3 aromatic heterocycles. The molecule has 0 saturated carbocycles. The molecule has 0 fully saturated rings. The molecule has 3 heterocycles. The number of fused-ring (bicyclic) bond motifs is 1. The second kappa shape index (κ2) is 11.3. The van der Waals surface area contributed by atoms with Gasteiger partial charge in [-0.15, -0.1) is 5.10 Å². The molecule has 0 aliphatic carbocycles. The van der Waals surface area contributed by atoms with Crippen molar-refractivity contribution < 1.29 is 0 Å². The summed E-state index contributed by atoms with van der Waals surface area (Å²) in [6.07, 6.45) is 5.38. The first-order chi connectivity index (χ1) is 18.9. The number of aryl methyl sites for hydroxylation is 1. The number of aromatic nitrogens is 6. The summed E-state index contributed by atoms with van der Waals surface area (Å²) in [5.41, 5.74) is 4.32. The van der Waals surface area contributed by atoms with Crippen LogP contribution in [0.25, 0.3) is 10.9 Å². The lowest BCUT2D eigenvalue weighted by Crippen LogP contribution is -2.38. The van der Waals surface area contributed by atoms with Gasteiger partial charge in [-0.3, -0.25) is 14.7 Å². The van der Waals surface area contributed by atoms with Gasteiger partial charge in [-0.2, -0.15) is 0 Å². The number of rotatable bonds is 10. The molecule has 1 N–H and O–H groups in total. The van der Waals surface area contributed by atoms with Crippen LogP contribution in [0.4, 0.5) is 0 Å². The highest BCUT2D eigenvalue weighted by molar-refractivity contribution is 5.80. The molecule has 200 valence electrons. The van der Waals surface area contributed by atoms with Crippen molar-refractivity contribution in [2.24, 2.45) is 0 Å². The molecule has 0 amide bonds. The Balaban J connectivity index is 1.74. The lowest BCUT2D eigenvalue weighted by Gasteiger charge is -2.33. The van der Waals surface area contributed by atoms with Crippen LogP contribution >= 0.6 is 0 Å². The number of benzene rings is 2. The number of aromatic amines is 1. The summed E-state index contributed by atoms with van der Waals surface area (Å²) >= 11 is 0. The largest absolute Gasteiger partial charge is 0.322 e. The number of pyridine rings is 2. The third kappa shape index (κ3) is 5.66. The van der Waals surface area contributed by atoms with E-state index in [0.29, 0.717) is 24.5 Å². The van der Waals surface area contributed by atoms with E-state index in [9.17, 15) is 4.79 Å². The van der Waals surface area contributed by atoms with Crippen molar-refractivity contribution >= 4 is 10.9 Å². The van der Waals surface area contributed by atoms with Crippen LogP contribution in [0.1, 0.15) is 68.2 Å². The van der Waals surface area contributed by atoms with Gasteiger partial charge in [-0.25, -0.2) is 4.68 Å². The lowest BCUT2D eigenvalue weighted by molar-refractivity contribution is 0.180. The van der Waals surface area contributed by atoms with E-state index in [1.807, 2.05) is 47.3 Å². The predicted molar refractivity (Wildman–Crippen MR) is 153 cm³/mol. The molecule has 0 unspecified atom stereocenters. The summed E-state index contributed by atoms with van der Waals surface area (Å²) in [6, 6.07) is 22.0. The van der Waals surface area contributed by atoms with Crippen molar-refractivity contribution in [3.8, 4) is 0 Å². The van der Waals surface area contributed by atoms with Crippen LogP contribution in [0.2, 0.25) is 0 Å². The minimum atomic E-state index is -0.510. The van der Waals surface area contributed by atoms with E-state index in [-0.39, 0.29) is 11.1 Å². The summed E-state index contributed by atoms with van der Waals surface area (Å²) in [5, 5.41) is 14.1. The monoisotopic (exact) mass is 521 g/mol. The molecule has 8 heteroatoms. The first-order valence-electron chi connectivity index (χ1n) is 13.5. The number of hydrogen-bond acceptors (Lipinski definition) is 6. The van der Waals surface area contributed by atoms with Gasteiger partial charge in [0.1, 0.15) is 6.04 Å². The third-order valence-corrected chi connectivity index (χ3v) is 7.52. The second-order valence-electron chi connectivity index (χ2n) is 10.6. The standard InChI is InChI=1S/C31H35N7O/c1-5-22-14-15-27-25(17-22)18-26(30(39)33-27)28(29-34-35-36-38(29)31(3,4)6-2)37(20-23-11-8-7-9-12-23)21-24-13-10-16-32-19-24/h7-19,28H,5-6,20-21H2,1-4H3,(H,33,39)/t28-/m0/s1. The Bertz CT molecular complexity index is 1550. The summed E-state index contributed by atoms with van der Waals surface area (Å²) in [5.74, 6) is 0.637. The van der Waals surface area contributed by atoms with Crippen LogP contribution in [0.5, 0.6) is 0 Å². The molecule has 0 aliphatic heterocycles. The Morgan fingerprint density at radius 1 is 0.949 bits per heavy atom. The summed E-state index contributed by atoms with van der Waals surface area (Å²) < 4.78 is 1.88. The quantitative estimate of drug-likeness (QED) is 0.264. The molecule has 2 aromatic carbocycles. The maximum Gasteiger partial charge on any atom is 0.253 e. The number of tetrazole rings is 1. The Kier molecular flexibility index (Phi) is 7.65. The zero-order valence-corrected chi connectivity index (χ0v) is 23.0. The number of H-pyrrole nitrogens is 1. The molecule has 0 spiro atoms. The topological polar surface area (TPSA) is 92.6 Å². The van der Waals surface area contributed by atoms with Gasteiger partial charge in [0.05, 0.1) is 5.54 Å². The normalized spacial score (nSPS) is 12.7. The van der Waals surface area contributed by atoms with Crippen LogP contribution in [0.3, 0.4) is 0 Å². The predicted octanol–water partition coefficient (Wildman–Crippen LogP) is 5.41. The van der Waals surface area contributed by atoms with Crippen molar-refractivity contribution in [3.63, 3.8) is 0 Å². The highest BCUT2D eigenvalue weighted by atomic mass is 16.1. The van der Waals surface area contributed by atoms with Gasteiger partial charge in [-0.1, -0.05) is 56.3 Å². The average molecular weight is 522 g/mol. The van der Waals surface area contributed by atoms with E-state index >= 15 is 0 Å². The van der Waals surface area contributed by atoms with Crippen molar-refractivity contribution in [2.45, 2.75) is 65.2 Å². The number of nitrogens with zero attached hydrogens (tertiary/aromatic N) is 6. The zero-order valence-electron chi connectivity index (χ0n) is 23.0. The summed E-state index contributed by atoms with van der Waals surface area (Å²) in [4.78, 5) is 23.5. The molecule has 5 rings (SSSR count). The van der Waals surface area contributed by atoms with Crippen molar-refractivity contribution in [1.29, 1.82) is 0 Å². The highest BCUT2D eigenvalue weighted by Crippen LogP contribution is 2.33. The fourth-order valence-electron chi connectivity index (χ4n) is 4.92. The summed E-state index contributed by atoms with van der Waals surface area (Å²) in [7, 11) is 0. The first kappa shape index (κ1) is 26.4. The van der Waals surface area contributed by atoms with Gasteiger partial charge in [0.2, 0.25) is 0 Å². The molecular formula is C31H35N7O. The first-order valence-corrected chi connectivity index (χ1v) is 13.5. The SMILES string of the molecule is CCc1ccc2[nH]c(=O)c([C@@H](c3nnnn3C(C)(C)CC)N(Cc3ccccc3)Cc3cccnc3)cc2c1. The van der Waals surface area contributed by atoms with Gasteiger partial charge in [0, 0.05) is 36.6 Å². The van der Waals surface area contributed by atoms with Crippen LogP contribution in [0, 0.1) is 0 Å². The van der Waals surface area contributed by atoms with Gasteiger partial charge in [-0.05, 0) is 83.5 Å². The van der Waals surface area contributed by atoms with Crippen LogP contribution in [-0.2, 0) is 25.0 Å². The molecule has 5 aromatic rings. The van der Waals surface area contributed by atoms with E-state index < -0.39 is 6.04 Å². The lowest BCUT2D eigenvalue weighted by atomic mass is 9.98. The Morgan fingerprint density at radius 3 is 2.44 bits per heavy atom. The fraction of sp³-hybridized carbons (Fsp3) is 0.323. The van der Waals surface area contributed by atoms with E-state index in [0.717, 1.165) is 34.9 Å². The number of nitrogens with one attached hydrogen (secondary N) is 1. The van der Waals surface area contributed by atoms with Crippen LogP contribution in [-0.4, -0.2) is 35.1 Å². The van der Waals surface area contributed by atoms with Gasteiger partial charge in [0.15, 0.2) is 5.82 Å². The maximum atomic E-state index is 13.8. The van der Waals surface area contributed by atoms with Gasteiger partial charge >= 0.3 is 0 Å². The van der Waals surface area contributed by atoms with E-state index in [2.05, 4.69) is 88.4 Å². The van der Waals surface area contributed by atoms with Crippen LogP contribution < -0.4 is 5.56 Å². The van der Waals surface area contributed by atoms with E-state index in [4.69, 9.17) is 0 Å². The Hall–Kier alpha value is -4.17. The molecule has 0 saturated heterocycles. The molecule has 0 radical (unpaired) electrons. The Morgan fingerprint density at radius 2 is 1.72 bits per heavy atom. The smallest absolute Gasteiger partial charge is 0.253 e. The minimum Gasteiger partial charge on any atom is -0.322 e. The van der Waals surface area contributed by atoms with E-state index in [1.54, 1.807) is 6.20 Å². The van der Waals surface area contributed by atoms with Gasteiger partial charge < -0.3 is 4.98 Å². The zero-order chi connectivity index (χ0) is 27.4. The summed E-state index contributed by atoms with van der Waals surface area (Å²) in [6.45, 7) is 9.63. The fourth-order valence-corrected chi connectivity index (χ4v) is 4.92. The van der Waals surface area contributed by atoms with E-state index in [1.165, 1.54) is 5.56 Å². The molecule has 1 atom stereocenters. The molecular weight excluding hydrogens is 486 g/mol. The third-order valence-electron chi connectivity index (χ3n) is 7.52. The molecule has 0 bridgehead atoms. The minimum absolute atomic E-state index is 0.148. The second-order valence-corrected chi connectivity index (χ2v) is 10.6. The molecule has 0 aliphatic rings. The van der Waals surface area contributed by atoms with Crippen molar-refractivity contribution in [2.75, 3.05) is 0 Å². The van der Waals surface area contributed by atoms with Crippen molar-refractivity contribution in [1.82, 2.24) is 35.1 Å². The Labute approximate surface area is 228 Å². The molecule has 39 heavy (non-hydrogen) atoms. The van der Waals surface area contributed by atoms with Crippen LogP contribution in [0.15, 0.2) is 83.9 Å². The number of hydrogen-bond donors (Lipinski definition) is 1. The highest BCUT2D eigenvalue weighted by Gasteiger charge is 2.34. The molecule has 8 nitrogen and oxygen atoms in total. The van der Waals surface area contributed by atoms with Crippen molar-refractivity contribution in [3.05, 3.63) is 118 Å². The maximum absolute atomic E-state index is 13.8. The van der Waals surface area contributed by atoms with Gasteiger partial charge in [0.25, 0.3) is 5.56 Å². The average Bonchev–Trinajstić information content (AvgIpc) is 3.45.